The molecule has 0 aliphatic heterocycles. The summed E-state index contributed by atoms with van der Waals surface area (Å²) < 4.78 is 61.9. The first kappa shape index (κ1) is 29.5. The zero-order valence-corrected chi connectivity index (χ0v) is 20.7. The number of benzene rings is 2. The Morgan fingerprint density at radius 2 is 1.89 bits per heavy atom. The maximum Gasteiger partial charge on any atom is 0.420 e. The van der Waals surface area contributed by atoms with E-state index in [1.165, 1.54) is 25.2 Å². The summed E-state index contributed by atoms with van der Waals surface area (Å²) in [6, 6.07) is 5.16. The summed E-state index contributed by atoms with van der Waals surface area (Å²) in [4.78, 5) is 0. The molecule has 3 unspecified atom stereocenters. The van der Waals surface area contributed by atoms with Crippen molar-refractivity contribution in [3.8, 4) is 5.75 Å². The molecule has 36 heavy (non-hydrogen) atoms. The van der Waals surface area contributed by atoms with Crippen LogP contribution in [-0.4, -0.2) is 52.6 Å². The number of aliphatic hydroxyl groups excluding tert-OH is 2. The first-order valence-electron chi connectivity index (χ1n) is 10.8. The largest absolute Gasteiger partial charge is 0.493 e. The highest BCUT2D eigenvalue weighted by molar-refractivity contribution is 6.30. The van der Waals surface area contributed by atoms with Crippen molar-refractivity contribution in [1.82, 2.24) is 0 Å². The van der Waals surface area contributed by atoms with Gasteiger partial charge < -0.3 is 25.5 Å². The van der Waals surface area contributed by atoms with Gasteiger partial charge >= 0.3 is 6.18 Å². The molecule has 0 bridgehead atoms. The molecule has 0 spiro atoms. The van der Waals surface area contributed by atoms with E-state index < -0.39 is 54.0 Å². The van der Waals surface area contributed by atoms with Gasteiger partial charge in [0.2, 0.25) is 0 Å². The van der Waals surface area contributed by atoms with E-state index in [4.69, 9.17) is 21.7 Å². The van der Waals surface area contributed by atoms with E-state index in [-0.39, 0.29) is 16.3 Å². The molecule has 0 radical (unpaired) electrons. The van der Waals surface area contributed by atoms with E-state index in [1.54, 1.807) is 19.1 Å². The van der Waals surface area contributed by atoms with Crippen molar-refractivity contribution in [1.29, 1.82) is 5.41 Å². The van der Waals surface area contributed by atoms with Crippen molar-refractivity contribution in [3.63, 3.8) is 0 Å². The van der Waals surface area contributed by atoms with Crippen LogP contribution in [0.2, 0.25) is 5.02 Å². The fourth-order valence-corrected chi connectivity index (χ4v) is 4.18. The summed E-state index contributed by atoms with van der Waals surface area (Å²) in [6.45, 7) is 5.20. The minimum atomic E-state index is -5.36. The van der Waals surface area contributed by atoms with E-state index in [2.05, 4.69) is 6.58 Å². The number of ether oxygens (including phenoxy) is 1. The van der Waals surface area contributed by atoms with Gasteiger partial charge in [0.25, 0.3) is 0 Å². The average molecular weight is 530 g/mol. The number of hydrogen-bond acceptors (Lipinski definition) is 5. The van der Waals surface area contributed by atoms with Crippen LogP contribution in [0.3, 0.4) is 0 Å². The molecule has 0 heterocycles. The zero-order chi connectivity index (χ0) is 27.4. The quantitative estimate of drug-likeness (QED) is 0.236. The van der Waals surface area contributed by atoms with E-state index in [9.17, 15) is 32.9 Å². The van der Waals surface area contributed by atoms with Gasteiger partial charge in [-0.05, 0) is 55.2 Å². The van der Waals surface area contributed by atoms with E-state index in [1.807, 2.05) is 0 Å². The molecule has 0 saturated heterocycles. The molecule has 4 N–H and O–H groups in total. The monoisotopic (exact) mass is 529 g/mol. The fourth-order valence-electron chi connectivity index (χ4n) is 3.97. The summed E-state index contributed by atoms with van der Waals surface area (Å²) in [5, 5.41) is 38.6. The number of aliphatic hydroxyl groups is 3. The average Bonchev–Trinajstić information content (AvgIpc) is 2.79. The lowest BCUT2D eigenvalue weighted by atomic mass is 9.76. The van der Waals surface area contributed by atoms with Crippen molar-refractivity contribution >= 4 is 29.5 Å². The molecule has 0 aliphatic carbocycles. The molecule has 2 rings (SSSR count). The Morgan fingerprint density at radius 3 is 2.39 bits per heavy atom. The number of methoxy groups -OCH3 is 1. The lowest BCUT2D eigenvalue weighted by molar-refractivity contribution is -0.279. The van der Waals surface area contributed by atoms with Crippen LogP contribution in [0.25, 0.3) is 12.2 Å². The van der Waals surface area contributed by atoms with Crippen molar-refractivity contribution < 1.29 is 37.6 Å². The molecule has 196 valence electrons. The van der Waals surface area contributed by atoms with Gasteiger partial charge in [-0.15, -0.1) is 0 Å². The second-order valence-corrected chi connectivity index (χ2v) is 8.88. The number of hydrogen-bond donors (Lipinski definition) is 4. The third kappa shape index (κ3) is 6.15. The van der Waals surface area contributed by atoms with Crippen molar-refractivity contribution in [2.24, 2.45) is 0 Å². The van der Waals surface area contributed by atoms with Gasteiger partial charge in [0.1, 0.15) is 0 Å². The summed E-state index contributed by atoms with van der Waals surface area (Å²) in [7, 11) is 1.04. The third-order valence-electron chi connectivity index (χ3n) is 5.78. The second-order valence-electron chi connectivity index (χ2n) is 8.44. The Balaban J connectivity index is 2.80. The molecule has 2 aromatic rings. The molecule has 0 fully saturated rings. The standard InChI is InChI=1S/C26H28ClF4NO4/c1-5-16-8-14(2)9-19(18(16)7-6-15(3)34)23(32)12-21(25(35,13-33)26(29,30)31)20-10-17(27)11-22(28)24(20)36-4/h5-11,15,21,32-35H,1,12-13H2,2-4H3/b7-6-,32-23?. The number of nitrogens with one attached hydrogen (secondary N) is 1. The molecular weight excluding hydrogens is 502 g/mol. The van der Waals surface area contributed by atoms with Gasteiger partial charge in [0, 0.05) is 27.8 Å². The summed E-state index contributed by atoms with van der Waals surface area (Å²) in [5.41, 5.74) is -2.73. The number of halogens is 5. The molecule has 2 aromatic carbocycles. The third-order valence-corrected chi connectivity index (χ3v) is 5.99. The first-order chi connectivity index (χ1) is 16.7. The summed E-state index contributed by atoms with van der Waals surface area (Å²) >= 11 is 5.92. The van der Waals surface area contributed by atoms with E-state index in [0.717, 1.165) is 19.2 Å². The van der Waals surface area contributed by atoms with Gasteiger partial charge in [-0.2, -0.15) is 13.2 Å². The number of alkyl halides is 3. The molecule has 0 aliphatic rings. The van der Waals surface area contributed by atoms with Gasteiger partial charge in [-0.3, -0.25) is 0 Å². The van der Waals surface area contributed by atoms with Crippen molar-refractivity contribution in [2.75, 3.05) is 13.7 Å². The molecular formula is C26H28ClF4NO4. The van der Waals surface area contributed by atoms with Crippen LogP contribution in [0, 0.1) is 18.2 Å². The highest BCUT2D eigenvalue weighted by Gasteiger charge is 2.59. The Labute approximate surface area is 211 Å². The molecule has 3 atom stereocenters. The zero-order valence-electron chi connectivity index (χ0n) is 20.0. The van der Waals surface area contributed by atoms with Gasteiger partial charge in [0.05, 0.1) is 19.8 Å². The van der Waals surface area contributed by atoms with Crippen LogP contribution in [0.1, 0.15) is 47.1 Å². The van der Waals surface area contributed by atoms with Crippen LogP contribution in [-0.2, 0) is 0 Å². The van der Waals surface area contributed by atoms with E-state index >= 15 is 0 Å². The predicted molar refractivity (Wildman–Crippen MR) is 132 cm³/mol. The maximum atomic E-state index is 14.6. The normalized spacial score (nSPS) is 15.4. The lowest BCUT2D eigenvalue weighted by Gasteiger charge is -2.37. The van der Waals surface area contributed by atoms with Crippen LogP contribution >= 0.6 is 11.6 Å². The minimum Gasteiger partial charge on any atom is -0.493 e. The summed E-state index contributed by atoms with van der Waals surface area (Å²) in [6.07, 6.45) is -2.53. The smallest absolute Gasteiger partial charge is 0.420 e. The van der Waals surface area contributed by atoms with Crippen molar-refractivity contribution in [2.45, 2.75) is 44.1 Å². The molecule has 0 aromatic heterocycles. The van der Waals surface area contributed by atoms with Crippen LogP contribution < -0.4 is 4.74 Å². The predicted octanol–water partition coefficient (Wildman–Crippen LogP) is 5.66. The molecule has 10 heteroatoms. The minimum absolute atomic E-state index is 0.204. The molecule has 0 amide bonds. The van der Waals surface area contributed by atoms with Gasteiger partial charge in [-0.25, -0.2) is 4.39 Å². The van der Waals surface area contributed by atoms with E-state index in [0.29, 0.717) is 16.7 Å². The van der Waals surface area contributed by atoms with Crippen LogP contribution in [0.4, 0.5) is 17.6 Å². The first-order valence-corrected chi connectivity index (χ1v) is 11.2. The Hall–Kier alpha value is -2.72. The van der Waals surface area contributed by atoms with Gasteiger partial charge in [-0.1, -0.05) is 42.5 Å². The Kier molecular flexibility index (Phi) is 9.47. The Morgan fingerprint density at radius 1 is 1.25 bits per heavy atom. The van der Waals surface area contributed by atoms with Crippen LogP contribution in [0.5, 0.6) is 5.75 Å². The van der Waals surface area contributed by atoms with Crippen molar-refractivity contribution in [3.05, 3.63) is 75.6 Å². The molecule has 5 nitrogen and oxygen atoms in total. The van der Waals surface area contributed by atoms with Gasteiger partial charge in [0.15, 0.2) is 17.2 Å². The maximum absolute atomic E-state index is 14.6. The number of rotatable bonds is 10. The van der Waals surface area contributed by atoms with Crippen LogP contribution in [0.15, 0.2) is 36.9 Å². The molecule has 0 saturated carbocycles. The lowest BCUT2D eigenvalue weighted by Crippen LogP contribution is -2.53. The topological polar surface area (TPSA) is 93.8 Å². The highest BCUT2D eigenvalue weighted by Crippen LogP contribution is 2.47. The fraction of sp³-hybridized carbons (Fsp3) is 0.346. The number of aryl methyl sites for hydroxylation is 1. The Bertz CT molecular complexity index is 1160. The highest BCUT2D eigenvalue weighted by atomic mass is 35.5. The second kappa shape index (κ2) is 11.6. The SMILES string of the molecule is C=Cc1cc(C)cc(C(=N)CC(c2cc(Cl)cc(F)c2OC)C(O)(CO)C(F)(F)F)c1/C=C\C(C)O. The summed E-state index contributed by atoms with van der Waals surface area (Å²) in [5.74, 6) is -3.73.